The first kappa shape index (κ1) is 33.3. The smallest absolute Gasteiger partial charge is 0.264 e. The standard InChI is InChI=1S/C36H37BrFN3O4S/c1-26-11-19-32(20-12-26)41(46(44,45)33-21-17-30(38)18-22-33)25-35(42)40(24-28-13-15-29(37)16-14-28)34(23-27-7-3-2-4-8-27)36(43)39-31-9-5-6-10-31/h2-4,7-8,11-22,31,34H,5-6,9-10,23-25H2,1H3,(H,39,43). The monoisotopic (exact) mass is 705 g/mol. The summed E-state index contributed by atoms with van der Waals surface area (Å²) in [5.41, 5.74) is 2.85. The van der Waals surface area contributed by atoms with E-state index in [0.717, 1.165) is 63.3 Å². The van der Waals surface area contributed by atoms with Gasteiger partial charge in [0.15, 0.2) is 0 Å². The molecule has 1 aliphatic carbocycles. The number of benzene rings is 4. The van der Waals surface area contributed by atoms with Crippen LogP contribution in [-0.2, 0) is 32.6 Å². The van der Waals surface area contributed by atoms with Crippen molar-refractivity contribution in [2.24, 2.45) is 0 Å². The van der Waals surface area contributed by atoms with Crippen LogP contribution in [0.5, 0.6) is 0 Å². The molecule has 0 spiro atoms. The maximum Gasteiger partial charge on any atom is 0.264 e. The van der Waals surface area contributed by atoms with Gasteiger partial charge >= 0.3 is 0 Å². The number of hydrogen-bond donors (Lipinski definition) is 1. The van der Waals surface area contributed by atoms with Gasteiger partial charge in [0, 0.05) is 23.5 Å². The molecule has 1 N–H and O–H groups in total. The maximum absolute atomic E-state index is 14.5. The van der Waals surface area contributed by atoms with Crippen LogP contribution in [0, 0.1) is 12.7 Å². The van der Waals surface area contributed by atoms with E-state index in [0.29, 0.717) is 0 Å². The fourth-order valence-electron chi connectivity index (χ4n) is 5.68. The Labute approximate surface area is 278 Å². The number of nitrogens with zero attached hydrogens (tertiary/aromatic N) is 2. The molecule has 46 heavy (non-hydrogen) atoms. The number of carbonyl (C=O) groups excluding carboxylic acids is 2. The van der Waals surface area contributed by atoms with Crippen LogP contribution in [0.2, 0.25) is 0 Å². The second kappa shape index (κ2) is 15.0. The Morgan fingerprint density at radius 3 is 2.13 bits per heavy atom. The fourth-order valence-corrected chi connectivity index (χ4v) is 7.36. The van der Waals surface area contributed by atoms with E-state index in [1.54, 1.807) is 24.3 Å². The molecule has 1 aliphatic rings. The Hall–Kier alpha value is -4.02. The van der Waals surface area contributed by atoms with E-state index in [4.69, 9.17) is 0 Å². The summed E-state index contributed by atoms with van der Waals surface area (Å²) in [4.78, 5) is 29.9. The molecule has 0 bridgehead atoms. The van der Waals surface area contributed by atoms with E-state index in [1.807, 2.05) is 61.5 Å². The Morgan fingerprint density at radius 2 is 1.50 bits per heavy atom. The van der Waals surface area contributed by atoms with Crippen LogP contribution in [0.25, 0.3) is 0 Å². The van der Waals surface area contributed by atoms with E-state index in [2.05, 4.69) is 21.2 Å². The summed E-state index contributed by atoms with van der Waals surface area (Å²) >= 11 is 3.46. The zero-order valence-electron chi connectivity index (χ0n) is 25.6. The minimum atomic E-state index is -4.30. The highest BCUT2D eigenvalue weighted by Gasteiger charge is 2.35. The second-order valence-corrected chi connectivity index (χ2v) is 14.4. The molecular weight excluding hydrogens is 669 g/mol. The molecule has 1 atom stereocenters. The first-order chi connectivity index (χ1) is 22.1. The van der Waals surface area contributed by atoms with Gasteiger partial charge in [0.05, 0.1) is 10.6 Å². The molecule has 7 nitrogen and oxygen atoms in total. The topological polar surface area (TPSA) is 86.8 Å². The van der Waals surface area contributed by atoms with Gasteiger partial charge in [-0.25, -0.2) is 12.8 Å². The first-order valence-electron chi connectivity index (χ1n) is 15.3. The number of rotatable bonds is 12. The molecule has 240 valence electrons. The maximum atomic E-state index is 14.5. The zero-order chi connectivity index (χ0) is 32.7. The second-order valence-electron chi connectivity index (χ2n) is 11.6. The molecule has 4 aromatic carbocycles. The Kier molecular flexibility index (Phi) is 10.9. The molecule has 4 aromatic rings. The number of carbonyl (C=O) groups is 2. The van der Waals surface area contributed by atoms with Gasteiger partial charge in [0.25, 0.3) is 10.0 Å². The summed E-state index contributed by atoms with van der Waals surface area (Å²) in [5.74, 6) is -1.39. The van der Waals surface area contributed by atoms with Gasteiger partial charge in [-0.2, -0.15) is 0 Å². The van der Waals surface area contributed by atoms with Gasteiger partial charge in [-0.05, 0) is 79.4 Å². The van der Waals surface area contributed by atoms with Gasteiger partial charge in [-0.1, -0.05) is 88.9 Å². The number of hydrogen-bond acceptors (Lipinski definition) is 4. The summed E-state index contributed by atoms with van der Waals surface area (Å²) in [6, 6.07) is 27.4. The lowest BCUT2D eigenvalue weighted by atomic mass is 10.0. The van der Waals surface area contributed by atoms with E-state index in [1.165, 1.54) is 17.0 Å². The molecule has 0 saturated heterocycles. The van der Waals surface area contributed by atoms with Crippen LogP contribution < -0.4 is 9.62 Å². The fraction of sp³-hybridized carbons (Fsp3) is 0.278. The Morgan fingerprint density at radius 1 is 0.870 bits per heavy atom. The van der Waals surface area contributed by atoms with E-state index < -0.39 is 34.3 Å². The third kappa shape index (κ3) is 8.41. The quantitative estimate of drug-likeness (QED) is 0.176. The summed E-state index contributed by atoms with van der Waals surface area (Å²) < 4.78 is 43.8. The lowest BCUT2D eigenvalue weighted by Crippen LogP contribution is -2.54. The lowest BCUT2D eigenvalue weighted by Gasteiger charge is -2.34. The molecule has 0 aromatic heterocycles. The third-order valence-electron chi connectivity index (χ3n) is 8.24. The summed E-state index contributed by atoms with van der Waals surface area (Å²) in [7, 11) is -4.30. The van der Waals surface area contributed by atoms with Crippen molar-refractivity contribution in [1.82, 2.24) is 10.2 Å². The predicted octanol–water partition coefficient (Wildman–Crippen LogP) is 6.79. The van der Waals surface area contributed by atoms with Gasteiger partial charge in [0.2, 0.25) is 11.8 Å². The molecule has 10 heteroatoms. The van der Waals surface area contributed by atoms with E-state index >= 15 is 0 Å². The molecule has 1 unspecified atom stereocenters. The van der Waals surface area contributed by atoms with Crippen LogP contribution in [-0.4, -0.2) is 43.8 Å². The van der Waals surface area contributed by atoms with Crippen molar-refractivity contribution < 1.29 is 22.4 Å². The highest BCUT2D eigenvalue weighted by atomic mass is 79.9. The molecule has 0 aliphatic heterocycles. The average Bonchev–Trinajstić information content (AvgIpc) is 3.56. The van der Waals surface area contributed by atoms with E-state index in [-0.39, 0.29) is 35.5 Å². The normalized spacial score (nSPS) is 14.1. The van der Waals surface area contributed by atoms with Gasteiger partial charge in [-0.3, -0.25) is 13.9 Å². The van der Waals surface area contributed by atoms with E-state index in [9.17, 15) is 22.4 Å². The summed E-state index contributed by atoms with van der Waals surface area (Å²) in [6.07, 6.45) is 4.06. The molecule has 0 radical (unpaired) electrons. The lowest BCUT2D eigenvalue weighted by molar-refractivity contribution is -0.140. The van der Waals surface area contributed by atoms with Crippen LogP contribution in [0.1, 0.15) is 42.4 Å². The van der Waals surface area contributed by atoms with Gasteiger partial charge < -0.3 is 10.2 Å². The van der Waals surface area contributed by atoms with Crippen LogP contribution >= 0.6 is 15.9 Å². The molecule has 1 fully saturated rings. The summed E-state index contributed by atoms with van der Waals surface area (Å²) in [5, 5.41) is 3.17. The van der Waals surface area contributed by atoms with Crippen LogP contribution in [0.3, 0.4) is 0 Å². The number of sulfonamides is 1. The number of halogens is 2. The van der Waals surface area contributed by atoms with Crippen LogP contribution in [0.4, 0.5) is 10.1 Å². The van der Waals surface area contributed by atoms with Crippen LogP contribution in [0.15, 0.2) is 112 Å². The Balaban J connectivity index is 1.55. The van der Waals surface area contributed by atoms with Crippen molar-refractivity contribution >= 4 is 43.5 Å². The van der Waals surface area contributed by atoms with Crippen molar-refractivity contribution in [2.45, 2.75) is 62.6 Å². The molecule has 5 rings (SSSR count). The van der Waals surface area contributed by atoms with Crippen molar-refractivity contribution in [3.05, 3.63) is 130 Å². The first-order valence-corrected chi connectivity index (χ1v) is 17.6. The molecule has 0 heterocycles. The number of amides is 2. The van der Waals surface area contributed by atoms with Crippen molar-refractivity contribution in [1.29, 1.82) is 0 Å². The predicted molar refractivity (Wildman–Crippen MR) is 181 cm³/mol. The molecule has 2 amide bonds. The minimum Gasteiger partial charge on any atom is -0.352 e. The highest BCUT2D eigenvalue weighted by Crippen LogP contribution is 2.26. The zero-order valence-corrected chi connectivity index (χ0v) is 28.0. The van der Waals surface area contributed by atoms with Gasteiger partial charge in [-0.15, -0.1) is 0 Å². The Bertz CT molecular complexity index is 1730. The summed E-state index contributed by atoms with van der Waals surface area (Å²) in [6.45, 7) is 1.40. The van der Waals surface area contributed by atoms with Crippen molar-refractivity contribution in [2.75, 3.05) is 10.8 Å². The average molecular weight is 707 g/mol. The SMILES string of the molecule is Cc1ccc(N(CC(=O)N(Cc2ccc(Br)cc2)C(Cc2ccccc2)C(=O)NC2CCCC2)S(=O)(=O)c2ccc(F)cc2)cc1. The molecule has 1 saturated carbocycles. The number of anilines is 1. The van der Waals surface area contributed by atoms with Gasteiger partial charge in [0.1, 0.15) is 18.4 Å². The highest BCUT2D eigenvalue weighted by molar-refractivity contribution is 9.10. The van der Waals surface area contributed by atoms with Crippen molar-refractivity contribution in [3.63, 3.8) is 0 Å². The largest absolute Gasteiger partial charge is 0.352 e. The molecular formula is C36H37BrFN3O4S. The third-order valence-corrected chi connectivity index (χ3v) is 10.6. The number of aryl methyl sites for hydroxylation is 1. The number of nitrogens with one attached hydrogen (secondary N) is 1. The minimum absolute atomic E-state index is 0.0262. The van der Waals surface area contributed by atoms with Crippen molar-refractivity contribution in [3.8, 4) is 0 Å².